The molecule has 0 spiro atoms. The van der Waals surface area contributed by atoms with Crippen molar-refractivity contribution >= 4 is 5.91 Å². The van der Waals surface area contributed by atoms with Crippen LogP contribution in [0.25, 0.3) is 0 Å². The van der Waals surface area contributed by atoms with Gasteiger partial charge in [-0.25, -0.2) is 4.39 Å². The lowest BCUT2D eigenvalue weighted by atomic mass is 9.84. The highest BCUT2D eigenvalue weighted by molar-refractivity contribution is 5.78. The third kappa shape index (κ3) is 6.14. The Balaban J connectivity index is 1.74. The predicted octanol–water partition coefficient (Wildman–Crippen LogP) is 2.71. The Labute approximate surface area is 185 Å². The SMILES string of the molecule is Cc1nn(C)cc1CN(C)C(Cc1ccccc1F)C1CCN(C(=O)CN(C)C)CC1. The average molecular weight is 430 g/mol. The lowest BCUT2D eigenvalue weighted by molar-refractivity contribution is -0.133. The summed E-state index contributed by atoms with van der Waals surface area (Å²) in [5.74, 6) is 0.454. The molecule has 0 radical (unpaired) electrons. The van der Waals surface area contributed by atoms with Crippen molar-refractivity contribution < 1.29 is 9.18 Å². The Morgan fingerprint density at radius 2 is 1.87 bits per heavy atom. The molecule has 1 aromatic carbocycles. The fraction of sp³-hybridized carbons (Fsp3) is 0.583. The minimum Gasteiger partial charge on any atom is -0.342 e. The van der Waals surface area contributed by atoms with E-state index in [1.165, 1.54) is 5.56 Å². The normalized spacial score (nSPS) is 16.3. The van der Waals surface area contributed by atoms with E-state index in [1.807, 2.05) is 54.7 Å². The van der Waals surface area contributed by atoms with Gasteiger partial charge in [-0.05, 0) is 64.9 Å². The molecule has 31 heavy (non-hydrogen) atoms. The van der Waals surface area contributed by atoms with Crippen LogP contribution in [0.2, 0.25) is 0 Å². The molecular weight excluding hydrogens is 393 g/mol. The zero-order valence-electron chi connectivity index (χ0n) is 19.5. The number of hydrogen-bond acceptors (Lipinski definition) is 4. The van der Waals surface area contributed by atoms with Gasteiger partial charge < -0.3 is 9.80 Å². The van der Waals surface area contributed by atoms with Gasteiger partial charge in [0.15, 0.2) is 0 Å². The van der Waals surface area contributed by atoms with Gasteiger partial charge in [0, 0.05) is 44.5 Å². The summed E-state index contributed by atoms with van der Waals surface area (Å²) in [6, 6.07) is 7.28. The second-order valence-corrected chi connectivity index (χ2v) is 9.15. The Hall–Kier alpha value is -2.25. The van der Waals surface area contributed by atoms with Gasteiger partial charge in [0.25, 0.3) is 0 Å². The molecule has 7 heteroatoms. The van der Waals surface area contributed by atoms with Crippen LogP contribution in [0.5, 0.6) is 0 Å². The van der Waals surface area contributed by atoms with E-state index in [9.17, 15) is 9.18 Å². The molecule has 2 heterocycles. The van der Waals surface area contributed by atoms with Crippen molar-refractivity contribution in [3.05, 3.63) is 53.1 Å². The number of carbonyl (C=O) groups excluding carboxylic acids is 1. The van der Waals surface area contributed by atoms with Crippen LogP contribution in [0.3, 0.4) is 0 Å². The van der Waals surface area contributed by atoms with Crippen molar-refractivity contribution in [3.8, 4) is 0 Å². The monoisotopic (exact) mass is 429 g/mol. The standard InChI is InChI=1S/C24H36FN5O/c1-18-21(16-29(5)26-18)15-28(4)23(14-20-8-6-7-9-22(20)25)19-10-12-30(13-11-19)24(31)17-27(2)3/h6-9,16,19,23H,10-15,17H2,1-5H3. The van der Waals surface area contributed by atoms with E-state index < -0.39 is 0 Å². The molecule has 6 nitrogen and oxygen atoms in total. The molecule has 1 aromatic heterocycles. The molecule has 1 aliphatic heterocycles. The van der Waals surface area contributed by atoms with Gasteiger partial charge in [-0.3, -0.25) is 14.4 Å². The molecule has 0 bridgehead atoms. The molecule has 1 aliphatic rings. The first-order chi connectivity index (χ1) is 14.7. The maximum Gasteiger partial charge on any atom is 0.236 e. The predicted molar refractivity (Wildman–Crippen MR) is 121 cm³/mol. The minimum absolute atomic E-state index is 0.142. The number of carbonyl (C=O) groups is 1. The number of nitrogens with zero attached hydrogens (tertiary/aromatic N) is 5. The van der Waals surface area contributed by atoms with E-state index in [2.05, 4.69) is 23.2 Å². The number of hydrogen-bond donors (Lipinski definition) is 0. The molecule has 1 fully saturated rings. The summed E-state index contributed by atoms with van der Waals surface area (Å²) in [4.78, 5) is 18.7. The van der Waals surface area contributed by atoms with Crippen molar-refractivity contribution in [2.75, 3.05) is 40.8 Å². The zero-order valence-corrected chi connectivity index (χ0v) is 19.5. The molecule has 0 N–H and O–H groups in total. The second-order valence-electron chi connectivity index (χ2n) is 9.15. The van der Waals surface area contributed by atoms with Gasteiger partial charge in [-0.15, -0.1) is 0 Å². The van der Waals surface area contributed by atoms with Crippen LogP contribution in [0, 0.1) is 18.7 Å². The summed E-state index contributed by atoms with van der Waals surface area (Å²) in [6.07, 6.45) is 4.61. The summed E-state index contributed by atoms with van der Waals surface area (Å²) in [6.45, 7) is 4.79. The third-order valence-corrected chi connectivity index (χ3v) is 6.38. The first kappa shape index (κ1) is 23.4. The van der Waals surface area contributed by atoms with E-state index in [0.717, 1.165) is 43.7 Å². The summed E-state index contributed by atoms with van der Waals surface area (Å²) >= 11 is 0. The molecule has 3 rings (SSSR count). The van der Waals surface area contributed by atoms with Gasteiger partial charge in [-0.1, -0.05) is 18.2 Å². The van der Waals surface area contributed by atoms with Crippen LogP contribution in [-0.4, -0.2) is 77.2 Å². The molecule has 0 saturated carbocycles. The largest absolute Gasteiger partial charge is 0.342 e. The van der Waals surface area contributed by atoms with Gasteiger partial charge in [0.1, 0.15) is 5.82 Å². The van der Waals surface area contributed by atoms with Crippen molar-refractivity contribution in [1.29, 1.82) is 0 Å². The summed E-state index contributed by atoms with van der Waals surface area (Å²) in [5, 5.41) is 4.47. The highest BCUT2D eigenvalue weighted by atomic mass is 19.1. The average Bonchev–Trinajstić information content (AvgIpc) is 3.03. The molecular formula is C24H36FN5O. The summed E-state index contributed by atoms with van der Waals surface area (Å²) in [7, 11) is 7.91. The van der Waals surface area contributed by atoms with E-state index >= 15 is 0 Å². The number of rotatable bonds is 8. The Bertz CT molecular complexity index is 873. The maximum absolute atomic E-state index is 14.5. The van der Waals surface area contributed by atoms with E-state index in [4.69, 9.17) is 0 Å². The molecule has 1 amide bonds. The summed E-state index contributed by atoms with van der Waals surface area (Å²) < 4.78 is 16.3. The highest BCUT2D eigenvalue weighted by Gasteiger charge is 2.31. The Kier molecular flexibility index (Phi) is 7.84. The molecule has 170 valence electrons. The number of aryl methyl sites for hydroxylation is 2. The topological polar surface area (TPSA) is 44.6 Å². The number of benzene rings is 1. The first-order valence-corrected chi connectivity index (χ1v) is 11.1. The van der Waals surface area contributed by atoms with E-state index in [1.54, 1.807) is 12.1 Å². The zero-order chi connectivity index (χ0) is 22.5. The number of halogens is 1. The van der Waals surface area contributed by atoms with Gasteiger partial charge >= 0.3 is 0 Å². The molecule has 0 aliphatic carbocycles. The van der Waals surface area contributed by atoms with E-state index in [0.29, 0.717) is 18.9 Å². The van der Waals surface area contributed by atoms with Crippen molar-refractivity contribution in [3.63, 3.8) is 0 Å². The lowest BCUT2D eigenvalue weighted by Gasteiger charge is -2.40. The molecule has 1 atom stereocenters. The first-order valence-electron chi connectivity index (χ1n) is 11.1. The van der Waals surface area contributed by atoms with Crippen LogP contribution in [0.4, 0.5) is 4.39 Å². The number of amides is 1. The van der Waals surface area contributed by atoms with Crippen LogP contribution < -0.4 is 0 Å². The molecule has 1 unspecified atom stereocenters. The Morgan fingerprint density at radius 1 is 1.19 bits per heavy atom. The van der Waals surface area contributed by atoms with Crippen LogP contribution in [0.15, 0.2) is 30.5 Å². The van der Waals surface area contributed by atoms with Crippen LogP contribution in [-0.2, 0) is 24.8 Å². The Morgan fingerprint density at radius 3 is 2.45 bits per heavy atom. The fourth-order valence-electron chi connectivity index (χ4n) is 4.67. The molecule has 1 saturated heterocycles. The van der Waals surface area contributed by atoms with Crippen molar-refractivity contribution in [2.45, 2.75) is 38.8 Å². The number of piperidine rings is 1. The third-order valence-electron chi connectivity index (χ3n) is 6.38. The number of likely N-dealkylation sites (N-methyl/N-ethyl adjacent to an activating group) is 2. The number of aromatic nitrogens is 2. The van der Waals surface area contributed by atoms with E-state index in [-0.39, 0.29) is 17.8 Å². The minimum atomic E-state index is -0.142. The summed E-state index contributed by atoms with van der Waals surface area (Å²) in [5.41, 5.74) is 2.98. The van der Waals surface area contributed by atoms with Crippen LogP contribution in [0.1, 0.15) is 29.7 Å². The fourth-order valence-corrected chi connectivity index (χ4v) is 4.67. The van der Waals surface area contributed by atoms with Gasteiger partial charge in [0.2, 0.25) is 5.91 Å². The van der Waals surface area contributed by atoms with Crippen molar-refractivity contribution in [2.24, 2.45) is 13.0 Å². The lowest BCUT2D eigenvalue weighted by Crippen LogP contribution is -2.48. The quantitative estimate of drug-likeness (QED) is 0.647. The molecule has 2 aromatic rings. The smallest absolute Gasteiger partial charge is 0.236 e. The highest BCUT2D eigenvalue weighted by Crippen LogP contribution is 2.28. The van der Waals surface area contributed by atoms with Gasteiger partial charge in [0.05, 0.1) is 12.2 Å². The maximum atomic E-state index is 14.5. The number of likely N-dealkylation sites (tertiary alicyclic amines) is 1. The van der Waals surface area contributed by atoms with Crippen molar-refractivity contribution in [1.82, 2.24) is 24.5 Å². The van der Waals surface area contributed by atoms with Gasteiger partial charge in [-0.2, -0.15) is 5.10 Å². The second kappa shape index (κ2) is 10.4. The van der Waals surface area contributed by atoms with Crippen LogP contribution >= 0.6 is 0 Å².